The number of carbonyl (C=O) groups excluding carboxylic acids is 1. The minimum atomic E-state index is -0.193. The van der Waals surface area contributed by atoms with Crippen molar-refractivity contribution >= 4 is 46.2 Å². The Hall–Kier alpha value is -2.44. The van der Waals surface area contributed by atoms with E-state index in [2.05, 4.69) is 10.3 Å². The summed E-state index contributed by atoms with van der Waals surface area (Å²) in [6.45, 7) is 6.98. The normalized spacial score (nSPS) is 16.3. The van der Waals surface area contributed by atoms with E-state index in [0.29, 0.717) is 39.8 Å². The van der Waals surface area contributed by atoms with Crippen LogP contribution in [0.25, 0.3) is 6.08 Å². The number of nitrogens with zero attached hydrogens (tertiary/aromatic N) is 1. The van der Waals surface area contributed by atoms with Crippen LogP contribution in [-0.2, 0) is 4.79 Å². The molecule has 0 radical (unpaired) electrons. The third kappa shape index (κ3) is 5.55. The highest BCUT2D eigenvalue weighted by Gasteiger charge is 2.24. The molecule has 0 spiro atoms. The maximum absolute atomic E-state index is 12.4. The molecule has 0 aliphatic carbocycles. The molecule has 2 aromatic carbocycles. The second kappa shape index (κ2) is 9.85. The Morgan fingerprint density at radius 2 is 1.93 bits per heavy atom. The summed E-state index contributed by atoms with van der Waals surface area (Å²) in [5.41, 5.74) is 2.71. The van der Waals surface area contributed by atoms with Gasteiger partial charge < -0.3 is 14.8 Å². The van der Waals surface area contributed by atoms with Gasteiger partial charge in [-0.1, -0.05) is 36.2 Å². The van der Waals surface area contributed by atoms with E-state index in [1.54, 1.807) is 12.1 Å². The van der Waals surface area contributed by atoms with Crippen LogP contribution in [-0.4, -0.2) is 24.3 Å². The van der Waals surface area contributed by atoms with E-state index in [0.717, 1.165) is 23.2 Å². The summed E-state index contributed by atoms with van der Waals surface area (Å²) < 4.78 is 11.4. The number of rotatable bonds is 7. The summed E-state index contributed by atoms with van der Waals surface area (Å²) in [6, 6.07) is 11.4. The second-order valence-corrected chi connectivity index (χ2v) is 7.87. The summed E-state index contributed by atoms with van der Waals surface area (Å²) in [7, 11) is 0. The van der Waals surface area contributed by atoms with Crippen LogP contribution < -0.4 is 14.8 Å². The number of ether oxygens (including phenoxy) is 2. The van der Waals surface area contributed by atoms with E-state index in [4.69, 9.17) is 21.1 Å². The summed E-state index contributed by atoms with van der Waals surface area (Å²) >= 11 is 7.70. The number of aryl methyl sites for hydroxylation is 1. The van der Waals surface area contributed by atoms with E-state index in [1.165, 1.54) is 11.8 Å². The van der Waals surface area contributed by atoms with Crippen molar-refractivity contribution in [3.05, 3.63) is 57.5 Å². The fraction of sp³-hybridized carbons (Fsp3) is 0.273. The fourth-order valence-corrected chi connectivity index (χ4v) is 3.76. The highest BCUT2D eigenvalue weighted by molar-refractivity contribution is 8.18. The first-order chi connectivity index (χ1) is 14.0. The molecular formula is C22H23ClN2O3S. The molecule has 0 unspecified atom stereocenters. The highest BCUT2D eigenvalue weighted by atomic mass is 35.5. The summed E-state index contributed by atoms with van der Waals surface area (Å²) in [6.07, 6.45) is 2.64. The van der Waals surface area contributed by atoms with Gasteiger partial charge in [-0.2, -0.15) is 0 Å². The number of hydrogen-bond donors (Lipinski definition) is 1. The number of amidine groups is 1. The number of hydrogen-bond acceptors (Lipinski definition) is 5. The summed E-state index contributed by atoms with van der Waals surface area (Å²) in [5, 5.41) is 3.80. The van der Waals surface area contributed by atoms with Gasteiger partial charge in [0, 0.05) is 0 Å². The molecule has 0 aromatic heterocycles. The third-order valence-electron chi connectivity index (χ3n) is 4.00. The van der Waals surface area contributed by atoms with Crippen LogP contribution in [0.2, 0.25) is 5.02 Å². The van der Waals surface area contributed by atoms with Crippen molar-refractivity contribution in [3.8, 4) is 11.5 Å². The number of benzene rings is 2. The SMILES string of the molecule is CCCOc1c(Cl)cc(/C=C2\SC(=Nc3ccc(C)cc3)NC2=O)cc1OCC. The van der Waals surface area contributed by atoms with Gasteiger partial charge in [0.05, 0.1) is 28.8 Å². The average molecular weight is 431 g/mol. The first-order valence-corrected chi connectivity index (χ1v) is 10.6. The Bertz CT molecular complexity index is 955. The lowest BCUT2D eigenvalue weighted by Crippen LogP contribution is -2.19. The molecule has 0 bridgehead atoms. The lowest BCUT2D eigenvalue weighted by atomic mass is 10.2. The zero-order valence-corrected chi connectivity index (χ0v) is 18.2. The van der Waals surface area contributed by atoms with Crippen LogP contribution in [0, 0.1) is 6.92 Å². The Labute approximate surface area is 180 Å². The first kappa shape index (κ1) is 21.3. The fourth-order valence-electron chi connectivity index (χ4n) is 2.65. The van der Waals surface area contributed by atoms with Crippen molar-refractivity contribution in [1.82, 2.24) is 5.32 Å². The van der Waals surface area contributed by atoms with Gasteiger partial charge >= 0.3 is 0 Å². The van der Waals surface area contributed by atoms with Gasteiger partial charge in [-0.25, -0.2) is 4.99 Å². The minimum absolute atomic E-state index is 0.193. The van der Waals surface area contributed by atoms with Gasteiger partial charge in [-0.05, 0) is 67.9 Å². The average Bonchev–Trinajstić information content (AvgIpc) is 3.02. The van der Waals surface area contributed by atoms with Crippen LogP contribution in [0.1, 0.15) is 31.4 Å². The van der Waals surface area contributed by atoms with Crippen molar-refractivity contribution in [3.63, 3.8) is 0 Å². The smallest absolute Gasteiger partial charge is 0.264 e. The molecule has 29 heavy (non-hydrogen) atoms. The van der Waals surface area contributed by atoms with E-state index in [1.807, 2.05) is 51.1 Å². The van der Waals surface area contributed by atoms with E-state index >= 15 is 0 Å². The molecule has 1 heterocycles. The predicted molar refractivity (Wildman–Crippen MR) is 120 cm³/mol. The largest absolute Gasteiger partial charge is 0.490 e. The van der Waals surface area contributed by atoms with Crippen LogP contribution in [0.5, 0.6) is 11.5 Å². The molecule has 1 aliphatic heterocycles. The number of carbonyl (C=O) groups is 1. The lowest BCUT2D eigenvalue weighted by Gasteiger charge is -2.14. The standard InChI is InChI=1S/C22H23ClN2O3S/c1-4-10-28-20-17(23)11-15(12-18(20)27-5-2)13-19-21(26)25-22(29-19)24-16-8-6-14(3)7-9-16/h6-9,11-13H,4-5,10H2,1-3H3,(H,24,25,26)/b19-13-. The summed E-state index contributed by atoms with van der Waals surface area (Å²) in [5.74, 6) is 0.904. The van der Waals surface area contributed by atoms with Crippen molar-refractivity contribution in [2.24, 2.45) is 4.99 Å². The second-order valence-electron chi connectivity index (χ2n) is 6.43. The van der Waals surface area contributed by atoms with Crippen LogP contribution in [0.3, 0.4) is 0 Å². The first-order valence-electron chi connectivity index (χ1n) is 9.45. The van der Waals surface area contributed by atoms with Gasteiger partial charge in [-0.15, -0.1) is 0 Å². The zero-order valence-electron chi connectivity index (χ0n) is 16.6. The molecule has 152 valence electrons. The Morgan fingerprint density at radius 1 is 1.17 bits per heavy atom. The van der Waals surface area contributed by atoms with Crippen molar-refractivity contribution < 1.29 is 14.3 Å². The maximum Gasteiger partial charge on any atom is 0.264 e. The van der Waals surface area contributed by atoms with E-state index in [9.17, 15) is 4.79 Å². The van der Waals surface area contributed by atoms with Gasteiger partial charge in [0.15, 0.2) is 16.7 Å². The monoisotopic (exact) mass is 430 g/mol. The van der Waals surface area contributed by atoms with Crippen molar-refractivity contribution in [2.75, 3.05) is 13.2 Å². The van der Waals surface area contributed by atoms with Crippen LogP contribution >= 0.6 is 23.4 Å². The molecule has 1 fully saturated rings. The lowest BCUT2D eigenvalue weighted by molar-refractivity contribution is -0.115. The molecule has 5 nitrogen and oxygen atoms in total. The van der Waals surface area contributed by atoms with Crippen molar-refractivity contribution in [1.29, 1.82) is 0 Å². The third-order valence-corrected chi connectivity index (χ3v) is 5.19. The number of aliphatic imine (C=N–C) groups is 1. The molecule has 0 atom stereocenters. The molecule has 1 N–H and O–H groups in total. The molecule has 0 saturated carbocycles. The predicted octanol–water partition coefficient (Wildman–Crippen LogP) is 5.73. The number of amides is 1. The highest BCUT2D eigenvalue weighted by Crippen LogP contribution is 2.38. The van der Waals surface area contributed by atoms with Crippen molar-refractivity contribution in [2.45, 2.75) is 27.2 Å². The molecule has 7 heteroatoms. The molecule has 1 aliphatic rings. The minimum Gasteiger partial charge on any atom is -0.490 e. The van der Waals surface area contributed by atoms with Crippen LogP contribution in [0.4, 0.5) is 5.69 Å². The Morgan fingerprint density at radius 3 is 2.62 bits per heavy atom. The molecule has 3 rings (SSSR count). The van der Waals surface area contributed by atoms with Crippen LogP contribution in [0.15, 0.2) is 46.3 Å². The maximum atomic E-state index is 12.4. The van der Waals surface area contributed by atoms with Gasteiger partial charge in [-0.3, -0.25) is 4.79 Å². The topological polar surface area (TPSA) is 59.9 Å². The number of thioether (sulfide) groups is 1. The van der Waals surface area contributed by atoms with E-state index in [-0.39, 0.29) is 5.91 Å². The zero-order chi connectivity index (χ0) is 20.8. The molecular weight excluding hydrogens is 408 g/mol. The van der Waals surface area contributed by atoms with E-state index < -0.39 is 0 Å². The quantitative estimate of drug-likeness (QED) is 0.570. The van der Waals surface area contributed by atoms with Gasteiger partial charge in [0.25, 0.3) is 5.91 Å². The molecule has 1 saturated heterocycles. The Kier molecular flexibility index (Phi) is 7.23. The Balaban J connectivity index is 1.85. The number of halogens is 1. The number of nitrogens with one attached hydrogen (secondary N) is 1. The molecule has 2 aromatic rings. The summed E-state index contributed by atoms with van der Waals surface area (Å²) in [4.78, 5) is 17.4. The molecule has 1 amide bonds. The van der Waals surface area contributed by atoms with Gasteiger partial charge in [0.2, 0.25) is 0 Å². The van der Waals surface area contributed by atoms with Gasteiger partial charge in [0.1, 0.15) is 0 Å².